The van der Waals surface area contributed by atoms with Gasteiger partial charge in [0, 0.05) is 17.6 Å². The molecule has 1 aromatic rings. The Hall–Kier alpha value is -0.580. The fourth-order valence-electron chi connectivity index (χ4n) is 3.05. The van der Waals surface area contributed by atoms with Gasteiger partial charge < -0.3 is 10.2 Å². The number of nitrogens with zero attached hydrogens (tertiary/aromatic N) is 1. The van der Waals surface area contributed by atoms with Gasteiger partial charge in [-0.05, 0) is 49.5 Å². The lowest BCUT2D eigenvalue weighted by atomic mass is 9.88. The van der Waals surface area contributed by atoms with Crippen molar-refractivity contribution in [3.05, 3.63) is 33.3 Å². The molecule has 2 fully saturated rings. The lowest BCUT2D eigenvalue weighted by Gasteiger charge is -2.34. The van der Waals surface area contributed by atoms with E-state index in [1.54, 1.807) is 6.07 Å². The molecule has 2 heterocycles. The maximum atomic E-state index is 12.6. The largest absolute Gasteiger partial charge is 0.338 e. The molecular weight excluding hydrogens is 328 g/mol. The first-order chi connectivity index (χ1) is 9.15. The summed E-state index contributed by atoms with van der Waals surface area (Å²) in [5.41, 5.74) is 0.598. The Morgan fingerprint density at radius 2 is 2.16 bits per heavy atom. The number of rotatable bonds is 1. The van der Waals surface area contributed by atoms with Gasteiger partial charge in [-0.3, -0.25) is 4.79 Å². The highest BCUT2D eigenvalue weighted by Gasteiger charge is 2.35. The topological polar surface area (TPSA) is 32.3 Å². The zero-order valence-corrected chi connectivity index (χ0v) is 12.9. The van der Waals surface area contributed by atoms with E-state index in [4.69, 9.17) is 11.6 Å². The number of amides is 1. The van der Waals surface area contributed by atoms with E-state index in [1.807, 2.05) is 17.0 Å². The molecule has 2 aliphatic heterocycles. The van der Waals surface area contributed by atoms with Crippen molar-refractivity contribution in [2.45, 2.75) is 6.42 Å². The van der Waals surface area contributed by atoms with Gasteiger partial charge in [0.15, 0.2) is 0 Å². The van der Waals surface area contributed by atoms with Crippen LogP contribution in [0.3, 0.4) is 0 Å². The molecule has 0 aromatic heterocycles. The van der Waals surface area contributed by atoms with Gasteiger partial charge in [-0.1, -0.05) is 27.5 Å². The number of fused-ring (bicyclic) bond motifs is 1. The van der Waals surface area contributed by atoms with Crippen LogP contribution in [0.5, 0.6) is 0 Å². The highest BCUT2D eigenvalue weighted by atomic mass is 79.9. The summed E-state index contributed by atoms with van der Waals surface area (Å²) in [6, 6.07) is 5.43. The molecule has 2 unspecified atom stereocenters. The minimum absolute atomic E-state index is 0.0525. The molecule has 2 atom stereocenters. The molecule has 102 valence electrons. The molecule has 3 rings (SSSR count). The maximum Gasteiger partial charge on any atom is 0.255 e. The Morgan fingerprint density at radius 1 is 1.37 bits per heavy atom. The standard InChI is InChI=1S/C14H16BrClN2O/c15-11-1-2-13(16)12(5-11)14(19)18-4-3-9-6-17-7-10(9)8-18/h1-2,5,9-10,17H,3-4,6-8H2. The zero-order chi connectivity index (χ0) is 13.4. The number of carbonyl (C=O) groups is 1. The summed E-state index contributed by atoms with van der Waals surface area (Å²) >= 11 is 9.54. The van der Waals surface area contributed by atoms with Gasteiger partial charge in [-0.15, -0.1) is 0 Å². The molecule has 1 amide bonds. The predicted molar refractivity (Wildman–Crippen MR) is 79.5 cm³/mol. The molecule has 0 spiro atoms. The van der Waals surface area contributed by atoms with E-state index in [0.717, 1.165) is 43.0 Å². The van der Waals surface area contributed by atoms with E-state index in [-0.39, 0.29) is 5.91 Å². The molecule has 3 nitrogen and oxygen atoms in total. The molecule has 0 radical (unpaired) electrons. The van der Waals surface area contributed by atoms with Gasteiger partial charge in [0.25, 0.3) is 5.91 Å². The van der Waals surface area contributed by atoms with Crippen LogP contribution in [0.15, 0.2) is 22.7 Å². The van der Waals surface area contributed by atoms with E-state index >= 15 is 0 Å². The molecule has 2 aliphatic rings. The lowest BCUT2D eigenvalue weighted by Crippen LogP contribution is -2.43. The summed E-state index contributed by atoms with van der Waals surface area (Å²) < 4.78 is 0.887. The van der Waals surface area contributed by atoms with E-state index in [1.165, 1.54) is 0 Å². The Kier molecular flexibility index (Phi) is 3.83. The Labute approximate surface area is 126 Å². The number of hydrogen-bond acceptors (Lipinski definition) is 2. The van der Waals surface area contributed by atoms with E-state index < -0.39 is 0 Å². The molecule has 1 N–H and O–H groups in total. The van der Waals surface area contributed by atoms with Crippen LogP contribution in [0.4, 0.5) is 0 Å². The minimum atomic E-state index is 0.0525. The second-order valence-corrected chi connectivity index (χ2v) is 6.67. The van der Waals surface area contributed by atoms with Gasteiger partial charge in [0.1, 0.15) is 0 Å². The van der Waals surface area contributed by atoms with Gasteiger partial charge in [0.2, 0.25) is 0 Å². The van der Waals surface area contributed by atoms with Crippen molar-refractivity contribution in [3.63, 3.8) is 0 Å². The van der Waals surface area contributed by atoms with Crippen LogP contribution in [-0.4, -0.2) is 37.0 Å². The first-order valence-electron chi connectivity index (χ1n) is 6.60. The summed E-state index contributed by atoms with van der Waals surface area (Å²) in [5, 5.41) is 3.94. The zero-order valence-electron chi connectivity index (χ0n) is 10.5. The molecule has 5 heteroatoms. The first-order valence-corrected chi connectivity index (χ1v) is 7.77. The number of hydrogen-bond donors (Lipinski definition) is 1. The van der Waals surface area contributed by atoms with Gasteiger partial charge >= 0.3 is 0 Å². The summed E-state index contributed by atoms with van der Waals surface area (Å²) in [4.78, 5) is 14.5. The Bertz CT molecular complexity index is 508. The van der Waals surface area contributed by atoms with E-state index in [9.17, 15) is 4.79 Å². The number of halogens is 2. The third-order valence-corrected chi connectivity index (χ3v) is 4.97. The quantitative estimate of drug-likeness (QED) is 0.850. The third kappa shape index (κ3) is 2.67. The van der Waals surface area contributed by atoms with E-state index in [0.29, 0.717) is 16.5 Å². The minimum Gasteiger partial charge on any atom is -0.338 e. The molecule has 19 heavy (non-hydrogen) atoms. The molecule has 0 bridgehead atoms. The fourth-order valence-corrected chi connectivity index (χ4v) is 3.61. The van der Waals surface area contributed by atoms with Crippen molar-refractivity contribution in [3.8, 4) is 0 Å². The van der Waals surface area contributed by atoms with Gasteiger partial charge in [0.05, 0.1) is 10.6 Å². The number of likely N-dealkylation sites (tertiary alicyclic amines) is 1. The van der Waals surface area contributed by atoms with Crippen LogP contribution >= 0.6 is 27.5 Å². The maximum absolute atomic E-state index is 12.6. The SMILES string of the molecule is O=C(c1cc(Br)ccc1Cl)N1CCC2CNCC2C1. The van der Waals surface area contributed by atoms with Crippen LogP contribution in [0.1, 0.15) is 16.8 Å². The van der Waals surface area contributed by atoms with Crippen molar-refractivity contribution in [1.29, 1.82) is 0 Å². The van der Waals surface area contributed by atoms with Gasteiger partial charge in [-0.25, -0.2) is 0 Å². The average molecular weight is 344 g/mol. The summed E-state index contributed by atoms with van der Waals surface area (Å²) in [5.74, 6) is 1.39. The number of nitrogens with one attached hydrogen (secondary N) is 1. The summed E-state index contributed by atoms with van der Waals surface area (Å²) in [6.45, 7) is 3.81. The molecule has 0 aliphatic carbocycles. The van der Waals surface area contributed by atoms with Crippen LogP contribution in [0.25, 0.3) is 0 Å². The van der Waals surface area contributed by atoms with Crippen molar-refractivity contribution >= 4 is 33.4 Å². The van der Waals surface area contributed by atoms with Crippen molar-refractivity contribution < 1.29 is 4.79 Å². The first kappa shape index (κ1) is 13.4. The second kappa shape index (κ2) is 5.43. The Balaban J connectivity index is 1.78. The summed E-state index contributed by atoms with van der Waals surface area (Å²) in [7, 11) is 0. The van der Waals surface area contributed by atoms with Crippen molar-refractivity contribution in [2.24, 2.45) is 11.8 Å². The molecular formula is C14H16BrClN2O. The number of carbonyl (C=O) groups excluding carboxylic acids is 1. The van der Waals surface area contributed by atoms with Crippen LogP contribution in [0, 0.1) is 11.8 Å². The average Bonchev–Trinajstić information content (AvgIpc) is 2.88. The highest BCUT2D eigenvalue weighted by Crippen LogP contribution is 2.29. The Morgan fingerprint density at radius 3 is 3.00 bits per heavy atom. The number of benzene rings is 1. The number of piperidine rings is 1. The van der Waals surface area contributed by atoms with Crippen LogP contribution in [0.2, 0.25) is 5.02 Å². The van der Waals surface area contributed by atoms with E-state index in [2.05, 4.69) is 21.2 Å². The van der Waals surface area contributed by atoms with Crippen LogP contribution < -0.4 is 5.32 Å². The van der Waals surface area contributed by atoms with Crippen molar-refractivity contribution in [2.75, 3.05) is 26.2 Å². The molecule has 2 saturated heterocycles. The summed E-state index contributed by atoms with van der Waals surface area (Å²) in [6.07, 6.45) is 1.09. The normalized spacial score (nSPS) is 26.3. The van der Waals surface area contributed by atoms with Crippen LogP contribution in [-0.2, 0) is 0 Å². The fraction of sp³-hybridized carbons (Fsp3) is 0.500. The highest BCUT2D eigenvalue weighted by molar-refractivity contribution is 9.10. The molecule has 0 saturated carbocycles. The van der Waals surface area contributed by atoms with Gasteiger partial charge in [-0.2, -0.15) is 0 Å². The lowest BCUT2D eigenvalue weighted by molar-refractivity contribution is 0.0642. The smallest absolute Gasteiger partial charge is 0.255 e. The third-order valence-electron chi connectivity index (χ3n) is 4.15. The second-order valence-electron chi connectivity index (χ2n) is 5.34. The predicted octanol–water partition coefficient (Wildman–Crippen LogP) is 2.78. The van der Waals surface area contributed by atoms with Crippen molar-refractivity contribution in [1.82, 2.24) is 10.2 Å². The monoisotopic (exact) mass is 342 g/mol. The molecule has 1 aromatic carbocycles.